The topological polar surface area (TPSA) is 68.3 Å². The lowest BCUT2D eigenvalue weighted by molar-refractivity contribution is -0.111. The quantitative estimate of drug-likeness (QED) is 0.235. The second-order valence-corrected chi connectivity index (χ2v) is 9.40. The summed E-state index contributed by atoms with van der Waals surface area (Å²) in [5.74, 6) is 1.60. The van der Waals surface area contributed by atoms with Gasteiger partial charge in [-0.1, -0.05) is 34.1 Å². The van der Waals surface area contributed by atoms with Crippen molar-refractivity contribution in [3.63, 3.8) is 0 Å². The van der Waals surface area contributed by atoms with Crippen LogP contribution in [-0.4, -0.2) is 10.9 Å². The maximum absolute atomic E-state index is 12.6. The molecule has 1 amide bonds. The number of aryl methyl sites for hydroxylation is 3. The molecule has 3 aromatic carbocycles. The van der Waals surface area contributed by atoms with Gasteiger partial charge in [0.05, 0.1) is 0 Å². The van der Waals surface area contributed by atoms with Crippen molar-refractivity contribution in [2.45, 2.75) is 20.8 Å². The summed E-state index contributed by atoms with van der Waals surface area (Å²) in [7, 11) is 0. The second-order valence-electron chi connectivity index (χ2n) is 8.48. The Hall–Kier alpha value is -3.90. The highest BCUT2D eigenvalue weighted by Gasteiger charge is 2.12. The van der Waals surface area contributed by atoms with E-state index in [0.717, 1.165) is 43.6 Å². The highest BCUT2D eigenvalue weighted by molar-refractivity contribution is 9.10. The predicted molar refractivity (Wildman–Crippen MR) is 143 cm³/mol. The van der Waals surface area contributed by atoms with E-state index >= 15 is 0 Å². The zero-order valence-electron chi connectivity index (χ0n) is 19.6. The zero-order chi connectivity index (χ0) is 24.5. The van der Waals surface area contributed by atoms with Crippen LogP contribution in [-0.2, 0) is 4.79 Å². The average molecular weight is 527 g/mol. The van der Waals surface area contributed by atoms with Gasteiger partial charge in [-0.3, -0.25) is 4.79 Å². The zero-order valence-corrected chi connectivity index (χ0v) is 21.1. The fourth-order valence-corrected chi connectivity index (χ4v) is 4.00. The largest absolute Gasteiger partial charge is 0.457 e. The molecule has 174 valence electrons. The Balaban J connectivity index is 1.32. The smallest absolute Gasteiger partial charge is 0.248 e. The number of benzene rings is 3. The lowest BCUT2D eigenvalue weighted by atomic mass is 10.1. The number of anilines is 1. The molecule has 0 aliphatic heterocycles. The Morgan fingerprint density at radius 2 is 1.60 bits per heavy atom. The van der Waals surface area contributed by atoms with E-state index in [4.69, 9.17) is 8.83 Å². The van der Waals surface area contributed by atoms with E-state index in [2.05, 4.69) is 33.2 Å². The van der Waals surface area contributed by atoms with Gasteiger partial charge in [0.1, 0.15) is 17.0 Å². The molecule has 6 heteroatoms. The Labute approximate surface area is 211 Å². The third-order valence-corrected chi connectivity index (χ3v) is 6.43. The minimum Gasteiger partial charge on any atom is -0.457 e. The van der Waals surface area contributed by atoms with Gasteiger partial charge in [-0.05, 0) is 92.1 Å². The van der Waals surface area contributed by atoms with Crippen LogP contribution in [0.25, 0.3) is 40.0 Å². The Morgan fingerprint density at radius 3 is 2.40 bits per heavy atom. The van der Waals surface area contributed by atoms with Crippen LogP contribution < -0.4 is 5.32 Å². The molecule has 0 spiro atoms. The van der Waals surface area contributed by atoms with Crippen molar-refractivity contribution in [3.05, 3.63) is 99.7 Å². The Morgan fingerprint density at radius 1 is 0.857 bits per heavy atom. The molecule has 0 atom stereocenters. The van der Waals surface area contributed by atoms with Gasteiger partial charge in [0, 0.05) is 27.4 Å². The molecule has 5 aromatic rings. The van der Waals surface area contributed by atoms with E-state index in [-0.39, 0.29) is 5.91 Å². The van der Waals surface area contributed by atoms with Gasteiger partial charge < -0.3 is 14.2 Å². The van der Waals surface area contributed by atoms with Gasteiger partial charge in [0.2, 0.25) is 11.8 Å². The normalized spacial score (nSPS) is 11.4. The number of rotatable bonds is 5. The summed E-state index contributed by atoms with van der Waals surface area (Å²) in [5, 5.41) is 2.95. The van der Waals surface area contributed by atoms with E-state index in [0.29, 0.717) is 17.3 Å². The van der Waals surface area contributed by atoms with Crippen LogP contribution >= 0.6 is 15.9 Å². The average Bonchev–Trinajstić information content (AvgIpc) is 3.47. The van der Waals surface area contributed by atoms with Crippen LogP contribution in [0.4, 0.5) is 5.69 Å². The first kappa shape index (κ1) is 22.9. The van der Waals surface area contributed by atoms with Gasteiger partial charge in [-0.25, -0.2) is 4.98 Å². The van der Waals surface area contributed by atoms with Gasteiger partial charge in [-0.2, -0.15) is 0 Å². The lowest BCUT2D eigenvalue weighted by Gasteiger charge is -2.07. The molecule has 0 bridgehead atoms. The maximum Gasteiger partial charge on any atom is 0.248 e. The van der Waals surface area contributed by atoms with Gasteiger partial charge in [0.15, 0.2) is 5.58 Å². The molecule has 0 unspecified atom stereocenters. The Bertz CT molecular complexity index is 1540. The summed E-state index contributed by atoms with van der Waals surface area (Å²) in [4.78, 5) is 17.3. The molecular weight excluding hydrogens is 504 g/mol. The van der Waals surface area contributed by atoms with E-state index in [1.165, 1.54) is 11.6 Å². The number of carbonyl (C=O) groups excluding carboxylic acids is 1. The lowest BCUT2D eigenvalue weighted by Crippen LogP contribution is -2.09. The molecule has 5 rings (SSSR count). The number of hydrogen-bond donors (Lipinski definition) is 1. The van der Waals surface area contributed by atoms with Gasteiger partial charge in [-0.15, -0.1) is 0 Å². The van der Waals surface area contributed by atoms with Crippen molar-refractivity contribution in [2.24, 2.45) is 0 Å². The first-order valence-corrected chi connectivity index (χ1v) is 12.0. The van der Waals surface area contributed by atoms with Crippen LogP contribution in [0, 0.1) is 20.8 Å². The van der Waals surface area contributed by atoms with Crippen molar-refractivity contribution in [2.75, 3.05) is 5.32 Å². The van der Waals surface area contributed by atoms with Crippen molar-refractivity contribution in [1.82, 2.24) is 4.98 Å². The molecule has 2 heterocycles. The van der Waals surface area contributed by atoms with Crippen molar-refractivity contribution >= 4 is 44.7 Å². The van der Waals surface area contributed by atoms with Crippen LogP contribution in [0.5, 0.6) is 0 Å². The number of fused-ring (bicyclic) bond motifs is 1. The standard InChI is InChI=1S/C29H23BrN2O3/c1-17-4-5-21(29-32-25-14-18(2)19(3)15-27(25)35-29)16-24(17)31-28(33)13-11-23-10-12-26(34-23)20-6-8-22(30)9-7-20/h4-16H,1-3H3,(H,31,33)/b13-11+. The van der Waals surface area contributed by atoms with E-state index < -0.39 is 0 Å². The molecule has 0 saturated heterocycles. The predicted octanol–water partition coefficient (Wildman–Crippen LogP) is 8.09. The fourth-order valence-electron chi connectivity index (χ4n) is 3.74. The number of furan rings is 1. The van der Waals surface area contributed by atoms with E-state index in [1.807, 2.05) is 80.6 Å². The molecule has 0 aliphatic carbocycles. The summed E-state index contributed by atoms with van der Waals surface area (Å²) >= 11 is 3.43. The number of nitrogens with zero attached hydrogens (tertiary/aromatic N) is 1. The SMILES string of the molecule is Cc1cc2nc(-c3ccc(C)c(NC(=O)/C=C/c4ccc(-c5ccc(Br)cc5)o4)c3)oc2cc1C. The number of hydrogen-bond acceptors (Lipinski definition) is 4. The van der Waals surface area contributed by atoms with E-state index in [1.54, 1.807) is 6.08 Å². The van der Waals surface area contributed by atoms with Crippen molar-refractivity contribution in [1.29, 1.82) is 0 Å². The maximum atomic E-state index is 12.6. The highest BCUT2D eigenvalue weighted by atomic mass is 79.9. The molecule has 2 aromatic heterocycles. The van der Waals surface area contributed by atoms with Crippen molar-refractivity contribution in [3.8, 4) is 22.8 Å². The molecule has 0 saturated carbocycles. The molecule has 35 heavy (non-hydrogen) atoms. The number of amides is 1. The number of carbonyl (C=O) groups is 1. The Kier molecular flexibility index (Phi) is 6.14. The molecular formula is C29H23BrN2O3. The summed E-state index contributed by atoms with van der Waals surface area (Å²) in [6, 6.07) is 21.4. The number of aromatic nitrogens is 1. The number of nitrogens with one attached hydrogen (secondary N) is 1. The van der Waals surface area contributed by atoms with Crippen molar-refractivity contribution < 1.29 is 13.6 Å². The monoisotopic (exact) mass is 526 g/mol. The minimum absolute atomic E-state index is 0.254. The first-order valence-electron chi connectivity index (χ1n) is 11.2. The van der Waals surface area contributed by atoms with Gasteiger partial charge >= 0.3 is 0 Å². The summed E-state index contributed by atoms with van der Waals surface area (Å²) in [6.07, 6.45) is 3.11. The second kappa shape index (κ2) is 9.39. The molecule has 0 radical (unpaired) electrons. The fraction of sp³-hybridized carbons (Fsp3) is 0.103. The molecule has 5 nitrogen and oxygen atoms in total. The summed E-state index contributed by atoms with van der Waals surface area (Å²) < 4.78 is 12.8. The highest BCUT2D eigenvalue weighted by Crippen LogP contribution is 2.29. The molecule has 0 aliphatic rings. The van der Waals surface area contributed by atoms with Crippen LogP contribution in [0.3, 0.4) is 0 Å². The number of oxazole rings is 1. The van der Waals surface area contributed by atoms with Gasteiger partial charge in [0.25, 0.3) is 0 Å². The molecule has 0 fully saturated rings. The third-order valence-electron chi connectivity index (χ3n) is 5.90. The van der Waals surface area contributed by atoms with Crippen LogP contribution in [0.15, 0.2) is 86.1 Å². The van der Waals surface area contributed by atoms with Crippen LogP contribution in [0.1, 0.15) is 22.5 Å². The molecule has 1 N–H and O–H groups in total. The van der Waals surface area contributed by atoms with E-state index in [9.17, 15) is 4.79 Å². The summed E-state index contributed by atoms with van der Waals surface area (Å²) in [5.41, 5.74) is 7.29. The van der Waals surface area contributed by atoms with Crippen LogP contribution in [0.2, 0.25) is 0 Å². The summed E-state index contributed by atoms with van der Waals surface area (Å²) in [6.45, 7) is 6.05. The minimum atomic E-state index is -0.254. The number of halogens is 1. The third kappa shape index (κ3) is 4.98. The first-order chi connectivity index (χ1) is 16.9.